The number of halogens is 1. The number of hydrogen-bond acceptors (Lipinski definition) is 4. The molecule has 0 amide bonds. The van der Waals surface area contributed by atoms with Gasteiger partial charge in [-0.2, -0.15) is 0 Å². The first kappa shape index (κ1) is 22.7. The summed E-state index contributed by atoms with van der Waals surface area (Å²) in [7, 11) is 0. The highest BCUT2D eigenvalue weighted by Gasteiger charge is 2.15. The quantitative estimate of drug-likeness (QED) is 0.416. The molecule has 0 aliphatic carbocycles. The maximum Gasteiger partial charge on any atom is 0.148 e. The Kier molecular flexibility index (Phi) is 7.55. The van der Waals surface area contributed by atoms with Gasteiger partial charge in [0.25, 0.3) is 0 Å². The van der Waals surface area contributed by atoms with Gasteiger partial charge in [-0.05, 0) is 61.4 Å². The van der Waals surface area contributed by atoms with E-state index >= 15 is 0 Å². The van der Waals surface area contributed by atoms with Crippen molar-refractivity contribution >= 4 is 23.4 Å². The molecule has 162 valence electrons. The maximum atomic E-state index is 10.7. The number of aliphatic hydroxyl groups excluding tert-OH is 1. The van der Waals surface area contributed by atoms with Crippen molar-refractivity contribution in [2.75, 3.05) is 6.61 Å². The molecule has 0 bridgehead atoms. The molecule has 0 radical (unpaired) electrons. The predicted molar refractivity (Wildman–Crippen MR) is 125 cm³/mol. The minimum atomic E-state index is -0.681. The summed E-state index contributed by atoms with van der Waals surface area (Å²) in [5.41, 5.74) is 4.24. The fourth-order valence-electron chi connectivity index (χ4n) is 3.36. The fourth-order valence-corrected chi connectivity index (χ4v) is 3.36. The first-order valence-corrected chi connectivity index (χ1v) is 10.1. The zero-order chi connectivity index (χ0) is 20.9. The van der Waals surface area contributed by atoms with E-state index < -0.39 is 6.10 Å². The summed E-state index contributed by atoms with van der Waals surface area (Å²) in [6.07, 6.45) is -0.681. The van der Waals surface area contributed by atoms with Crippen LogP contribution >= 0.6 is 12.4 Å². The van der Waals surface area contributed by atoms with Crippen LogP contribution in [0.25, 0.3) is 11.0 Å². The average Bonchev–Trinajstić information content (AvgIpc) is 3.11. The molecule has 0 saturated carbocycles. The lowest BCUT2D eigenvalue weighted by molar-refractivity contribution is 0.0917. The van der Waals surface area contributed by atoms with Crippen LogP contribution in [0.5, 0.6) is 11.5 Å². The molecule has 0 spiro atoms. The summed E-state index contributed by atoms with van der Waals surface area (Å²) >= 11 is 0. The lowest BCUT2D eigenvalue weighted by Crippen LogP contribution is -2.25. The van der Waals surface area contributed by atoms with Gasteiger partial charge in [-0.3, -0.25) is 0 Å². The van der Waals surface area contributed by atoms with Gasteiger partial charge in [-0.25, -0.2) is 4.98 Å². The summed E-state index contributed by atoms with van der Waals surface area (Å²) in [5, 5.41) is 10.7. The average molecular weight is 439 g/mol. The van der Waals surface area contributed by atoms with Crippen molar-refractivity contribution in [3.05, 3.63) is 89.7 Å². The zero-order valence-electron chi connectivity index (χ0n) is 17.7. The molecule has 5 nitrogen and oxygen atoms in total. The summed E-state index contributed by atoms with van der Waals surface area (Å²) in [4.78, 5) is 4.71. The Hall–Kier alpha value is -3.02. The molecule has 31 heavy (non-hydrogen) atoms. The van der Waals surface area contributed by atoms with E-state index in [1.165, 1.54) is 11.1 Å². The molecule has 0 saturated heterocycles. The van der Waals surface area contributed by atoms with E-state index in [2.05, 4.69) is 13.8 Å². The molecular weight excluding hydrogens is 412 g/mol. The zero-order valence-corrected chi connectivity index (χ0v) is 18.5. The fraction of sp³-hybridized carbons (Fsp3) is 0.240. The highest BCUT2D eigenvalue weighted by atomic mass is 35.5. The van der Waals surface area contributed by atoms with Gasteiger partial charge in [0.15, 0.2) is 0 Å². The Morgan fingerprint density at radius 2 is 1.61 bits per heavy atom. The number of aliphatic hydroxyl groups is 1. The second-order valence-corrected chi connectivity index (χ2v) is 7.44. The number of imidazole rings is 1. The number of aromatic nitrogens is 2. The van der Waals surface area contributed by atoms with Crippen molar-refractivity contribution in [2.24, 2.45) is 0 Å². The van der Waals surface area contributed by atoms with E-state index in [9.17, 15) is 5.11 Å². The van der Waals surface area contributed by atoms with Gasteiger partial charge in [-0.15, -0.1) is 12.4 Å². The van der Waals surface area contributed by atoms with Crippen LogP contribution in [0.2, 0.25) is 0 Å². The molecule has 1 heterocycles. The van der Waals surface area contributed by atoms with E-state index in [0.717, 1.165) is 28.4 Å². The molecule has 4 aromatic rings. The molecule has 0 aliphatic heterocycles. The van der Waals surface area contributed by atoms with Crippen molar-refractivity contribution in [1.82, 2.24) is 9.55 Å². The second-order valence-electron chi connectivity index (χ2n) is 7.44. The van der Waals surface area contributed by atoms with E-state index in [-0.39, 0.29) is 19.0 Å². The van der Waals surface area contributed by atoms with E-state index in [4.69, 9.17) is 14.5 Å². The molecular formula is C25H27ClN2O3. The highest BCUT2D eigenvalue weighted by Crippen LogP contribution is 2.20. The molecule has 6 heteroatoms. The Balaban J connectivity index is 0.00000272. The lowest BCUT2D eigenvalue weighted by Gasteiger charge is -2.16. The summed E-state index contributed by atoms with van der Waals surface area (Å²) in [5.74, 6) is 2.32. The predicted octanol–water partition coefficient (Wildman–Crippen LogP) is 5.09. The van der Waals surface area contributed by atoms with Crippen molar-refractivity contribution in [2.45, 2.75) is 33.1 Å². The Morgan fingerprint density at radius 1 is 0.871 bits per heavy atom. The van der Waals surface area contributed by atoms with Crippen LogP contribution in [0.1, 0.15) is 17.0 Å². The van der Waals surface area contributed by atoms with E-state index in [1.54, 1.807) is 0 Å². The molecule has 0 aliphatic rings. The molecule has 1 unspecified atom stereocenters. The monoisotopic (exact) mass is 438 g/mol. The highest BCUT2D eigenvalue weighted by molar-refractivity contribution is 5.85. The van der Waals surface area contributed by atoms with Gasteiger partial charge in [0, 0.05) is 0 Å². The Labute approximate surface area is 188 Å². The first-order valence-electron chi connectivity index (χ1n) is 10.1. The molecule has 4 rings (SSSR count). The lowest BCUT2D eigenvalue weighted by atomic mass is 10.1. The minimum absolute atomic E-state index is 0. The van der Waals surface area contributed by atoms with Gasteiger partial charge in [-0.1, -0.05) is 36.4 Å². The van der Waals surface area contributed by atoms with Gasteiger partial charge < -0.3 is 19.1 Å². The van der Waals surface area contributed by atoms with Crippen molar-refractivity contribution in [3.8, 4) is 11.5 Å². The van der Waals surface area contributed by atoms with Crippen molar-refractivity contribution < 1.29 is 14.6 Å². The SMILES string of the molecule is Cc1ccc(OCC(O)Cn2c(COc3ccccc3)nc3ccccc32)cc1C.Cl. The number of fused-ring (bicyclic) bond motifs is 1. The van der Waals surface area contributed by atoms with Crippen LogP contribution in [0.3, 0.4) is 0 Å². The van der Waals surface area contributed by atoms with Crippen LogP contribution in [-0.4, -0.2) is 27.4 Å². The van der Waals surface area contributed by atoms with Gasteiger partial charge >= 0.3 is 0 Å². The second kappa shape index (κ2) is 10.3. The standard InChI is InChI=1S/C25H26N2O3.ClH/c1-18-12-13-22(14-19(18)2)29-16-20(28)15-27-24-11-7-6-10-23(24)26-25(27)17-30-21-8-4-3-5-9-21;/h3-14,20,28H,15-17H2,1-2H3;1H. The van der Waals surface area contributed by atoms with Gasteiger partial charge in [0.1, 0.15) is 36.6 Å². The number of ether oxygens (including phenoxy) is 2. The van der Waals surface area contributed by atoms with Crippen LogP contribution in [-0.2, 0) is 13.2 Å². The maximum absolute atomic E-state index is 10.7. The van der Waals surface area contributed by atoms with Crippen molar-refractivity contribution in [3.63, 3.8) is 0 Å². The first-order chi connectivity index (χ1) is 14.6. The molecule has 1 aromatic heterocycles. The normalized spacial score (nSPS) is 11.7. The Bertz CT molecular complexity index is 1130. The number of rotatable bonds is 8. The summed E-state index contributed by atoms with van der Waals surface area (Å²) in [6.45, 7) is 5.02. The minimum Gasteiger partial charge on any atom is -0.491 e. The largest absolute Gasteiger partial charge is 0.491 e. The third kappa shape index (κ3) is 5.57. The van der Waals surface area contributed by atoms with Crippen LogP contribution in [0, 0.1) is 13.8 Å². The molecule has 1 N–H and O–H groups in total. The van der Waals surface area contributed by atoms with Crippen molar-refractivity contribution in [1.29, 1.82) is 0 Å². The van der Waals surface area contributed by atoms with Crippen LogP contribution < -0.4 is 9.47 Å². The topological polar surface area (TPSA) is 56.5 Å². The summed E-state index contributed by atoms with van der Waals surface area (Å²) < 4.78 is 13.7. The number of para-hydroxylation sites is 3. The van der Waals surface area contributed by atoms with Crippen LogP contribution in [0.4, 0.5) is 0 Å². The molecule has 0 fully saturated rings. The number of hydrogen-bond donors (Lipinski definition) is 1. The number of nitrogens with zero attached hydrogens (tertiary/aromatic N) is 2. The third-order valence-electron chi connectivity index (χ3n) is 5.16. The molecule has 1 atom stereocenters. The van der Waals surface area contributed by atoms with E-state index in [0.29, 0.717) is 13.2 Å². The third-order valence-corrected chi connectivity index (χ3v) is 5.16. The number of benzene rings is 3. The van der Waals surface area contributed by atoms with Gasteiger partial charge in [0.05, 0.1) is 17.6 Å². The Morgan fingerprint density at radius 3 is 2.39 bits per heavy atom. The smallest absolute Gasteiger partial charge is 0.148 e. The van der Waals surface area contributed by atoms with E-state index in [1.807, 2.05) is 77.4 Å². The van der Waals surface area contributed by atoms with Gasteiger partial charge in [0.2, 0.25) is 0 Å². The van der Waals surface area contributed by atoms with Crippen LogP contribution in [0.15, 0.2) is 72.8 Å². The number of aryl methyl sites for hydroxylation is 2. The summed E-state index contributed by atoms with van der Waals surface area (Å²) in [6, 6.07) is 23.5. The molecule has 3 aromatic carbocycles.